The number of halogens is 1. The van der Waals surface area contributed by atoms with E-state index in [2.05, 4.69) is 9.97 Å². The molecule has 1 N–H and O–H groups in total. The van der Waals surface area contributed by atoms with Crippen LogP contribution in [0.4, 0.5) is 4.39 Å². The quantitative estimate of drug-likeness (QED) is 0.611. The number of rotatable bonds is 0. The van der Waals surface area contributed by atoms with E-state index in [4.69, 9.17) is 0 Å². The summed E-state index contributed by atoms with van der Waals surface area (Å²) in [6, 6.07) is 5.58. The molecule has 0 aliphatic heterocycles. The molecular formula is C8H7FN2. The molecule has 0 saturated carbocycles. The van der Waals surface area contributed by atoms with E-state index in [9.17, 15) is 4.39 Å². The molecule has 1 aromatic heterocycles. The van der Waals surface area contributed by atoms with Gasteiger partial charge in [-0.05, 0) is 18.6 Å². The van der Waals surface area contributed by atoms with Crippen LogP contribution < -0.4 is 0 Å². The molecule has 0 atom stereocenters. The molecule has 2 aromatic rings. The Morgan fingerprint density at radius 2 is 2.27 bits per heavy atom. The molecule has 0 aliphatic carbocycles. The number of H-pyrrole nitrogens is 1. The van der Waals surface area contributed by atoms with Gasteiger partial charge in [-0.25, -0.2) is 4.98 Å². The van der Waals surface area contributed by atoms with Gasteiger partial charge >= 0.3 is 0 Å². The summed E-state index contributed by atoms with van der Waals surface area (Å²) in [5.74, 6) is 0. The van der Waals surface area contributed by atoms with E-state index in [1.165, 1.54) is 0 Å². The number of benzene rings is 1. The first-order chi connectivity index (χ1) is 5.27. The lowest BCUT2D eigenvalue weighted by Crippen LogP contribution is -1.74. The van der Waals surface area contributed by atoms with Crippen LogP contribution in [0, 0.1) is 13.0 Å². The zero-order chi connectivity index (χ0) is 7.84. The number of imidazole rings is 1. The topological polar surface area (TPSA) is 28.7 Å². The standard InChI is InChI=1S/C8H7FN2/c1-5-3-2-4-6-7(5)11-8(9)10-6/h2-4H,1H3,(H,10,11). The number of aryl methyl sites for hydroxylation is 1. The molecule has 0 unspecified atom stereocenters. The summed E-state index contributed by atoms with van der Waals surface area (Å²) in [5.41, 5.74) is 2.45. The Labute approximate surface area is 63.1 Å². The van der Waals surface area contributed by atoms with Crippen molar-refractivity contribution in [2.24, 2.45) is 0 Å². The number of aromatic nitrogens is 2. The number of nitrogens with one attached hydrogen (secondary N) is 1. The molecule has 11 heavy (non-hydrogen) atoms. The summed E-state index contributed by atoms with van der Waals surface area (Å²) in [6.45, 7) is 1.91. The molecule has 2 nitrogen and oxygen atoms in total. The van der Waals surface area contributed by atoms with Gasteiger partial charge in [-0.15, -0.1) is 0 Å². The minimum atomic E-state index is -0.519. The minimum Gasteiger partial charge on any atom is -0.314 e. The summed E-state index contributed by atoms with van der Waals surface area (Å²) < 4.78 is 12.5. The van der Waals surface area contributed by atoms with Gasteiger partial charge in [0.05, 0.1) is 11.0 Å². The van der Waals surface area contributed by atoms with E-state index >= 15 is 0 Å². The van der Waals surface area contributed by atoms with Crippen molar-refractivity contribution in [2.75, 3.05) is 0 Å². The van der Waals surface area contributed by atoms with Gasteiger partial charge in [0.1, 0.15) is 0 Å². The first kappa shape index (κ1) is 6.34. The maximum Gasteiger partial charge on any atom is 0.287 e. The van der Waals surface area contributed by atoms with Gasteiger partial charge in [-0.1, -0.05) is 12.1 Å². The minimum absolute atomic E-state index is 0.519. The fourth-order valence-corrected chi connectivity index (χ4v) is 1.15. The van der Waals surface area contributed by atoms with E-state index in [-0.39, 0.29) is 0 Å². The molecule has 3 heteroatoms. The number of nitrogens with zero attached hydrogens (tertiary/aromatic N) is 1. The highest BCUT2D eigenvalue weighted by atomic mass is 19.1. The Bertz CT molecular complexity index is 392. The summed E-state index contributed by atoms with van der Waals surface area (Å²) in [4.78, 5) is 6.21. The molecule has 56 valence electrons. The van der Waals surface area contributed by atoms with Crippen molar-refractivity contribution in [1.29, 1.82) is 0 Å². The molecule has 0 radical (unpaired) electrons. The van der Waals surface area contributed by atoms with Crippen LogP contribution in [0.1, 0.15) is 5.56 Å². The summed E-state index contributed by atoms with van der Waals surface area (Å²) in [5, 5.41) is 0. The maximum atomic E-state index is 12.5. The second-order valence-electron chi connectivity index (χ2n) is 2.50. The van der Waals surface area contributed by atoms with Crippen LogP contribution in [0.5, 0.6) is 0 Å². The SMILES string of the molecule is Cc1cccc2[nH]c(F)nc12. The number of para-hydroxylation sites is 1. The third kappa shape index (κ3) is 0.888. The predicted octanol–water partition coefficient (Wildman–Crippen LogP) is 2.01. The zero-order valence-corrected chi connectivity index (χ0v) is 6.06. The van der Waals surface area contributed by atoms with Crippen molar-refractivity contribution < 1.29 is 4.39 Å². The average Bonchev–Trinajstić information content (AvgIpc) is 2.31. The van der Waals surface area contributed by atoms with Gasteiger partial charge in [0.2, 0.25) is 0 Å². The van der Waals surface area contributed by atoms with Gasteiger partial charge in [-0.3, -0.25) is 0 Å². The summed E-state index contributed by atoms with van der Waals surface area (Å²) >= 11 is 0. The third-order valence-corrected chi connectivity index (χ3v) is 1.69. The van der Waals surface area contributed by atoms with E-state index in [0.29, 0.717) is 5.52 Å². The van der Waals surface area contributed by atoms with Gasteiger partial charge in [0.25, 0.3) is 6.08 Å². The van der Waals surface area contributed by atoms with Crippen LogP contribution in [-0.4, -0.2) is 9.97 Å². The van der Waals surface area contributed by atoms with Crippen LogP contribution >= 0.6 is 0 Å². The molecule has 0 amide bonds. The highest BCUT2D eigenvalue weighted by Gasteiger charge is 2.01. The zero-order valence-electron chi connectivity index (χ0n) is 6.06. The van der Waals surface area contributed by atoms with E-state index in [1.54, 1.807) is 6.07 Å². The molecule has 2 rings (SSSR count). The lowest BCUT2D eigenvalue weighted by Gasteiger charge is -1.90. The highest BCUT2D eigenvalue weighted by Crippen LogP contribution is 2.14. The molecule has 0 fully saturated rings. The fraction of sp³-hybridized carbons (Fsp3) is 0.125. The van der Waals surface area contributed by atoms with Gasteiger partial charge < -0.3 is 4.98 Å². The summed E-state index contributed by atoms with van der Waals surface area (Å²) in [6.07, 6.45) is -0.519. The average molecular weight is 150 g/mol. The molecule has 0 bridgehead atoms. The van der Waals surface area contributed by atoms with Crippen molar-refractivity contribution in [1.82, 2.24) is 9.97 Å². The first-order valence-electron chi connectivity index (χ1n) is 3.38. The van der Waals surface area contributed by atoms with E-state index in [1.807, 2.05) is 19.1 Å². The van der Waals surface area contributed by atoms with Crippen LogP contribution in [0.2, 0.25) is 0 Å². The van der Waals surface area contributed by atoms with E-state index < -0.39 is 6.08 Å². The first-order valence-corrected chi connectivity index (χ1v) is 3.38. The fourth-order valence-electron chi connectivity index (χ4n) is 1.15. The normalized spacial score (nSPS) is 10.7. The largest absolute Gasteiger partial charge is 0.314 e. The smallest absolute Gasteiger partial charge is 0.287 e. The van der Waals surface area contributed by atoms with Crippen molar-refractivity contribution in [2.45, 2.75) is 6.92 Å². The molecule has 0 spiro atoms. The number of hydrogen-bond acceptors (Lipinski definition) is 1. The summed E-state index contributed by atoms with van der Waals surface area (Å²) in [7, 11) is 0. The Morgan fingerprint density at radius 1 is 1.45 bits per heavy atom. The molecular weight excluding hydrogens is 143 g/mol. The third-order valence-electron chi connectivity index (χ3n) is 1.69. The van der Waals surface area contributed by atoms with Gasteiger partial charge in [0, 0.05) is 0 Å². The molecule has 1 heterocycles. The predicted molar refractivity (Wildman–Crippen MR) is 40.8 cm³/mol. The number of aromatic amines is 1. The van der Waals surface area contributed by atoms with Crippen LogP contribution in [-0.2, 0) is 0 Å². The second kappa shape index (κ2) is 2.05. The van der Waals surface area contributed by atoms with Crippen molar-refractivity contribution in [3.63, 3.8) is 0 Å². The van der Waals surface area contributed by atoms with Crippen molar-refractivity contribution >= 4 is 11.0 Å². The van der Waals surface area contributed by atoms with E-state index in [0.717, 1.165) is 11.1 Å². The monoisotopic (exact) mass is 150 g/mol. The highest BCUT2D eigenvalue weighted by molar-refractivity contribution is 5.77. The van der Waals surface area contributed by atoms with Crippen molar-refractivity contribution in [3.05, 3.63) is 29.8 Å². The lowest BCUT2D eigenvalue weighted by molar-refractivity contribution is 0.556. The van der Waals surface area contributed by atoms with Crippen molar-refractivity contribution in [3.8, 4) is 0 Å². The Kier molecular flexibility index (Phi) is 1.18. The Hall–Kier alpha value is -1.38. The molecule has 0 saturated heterocycles. The second-order valence-corrected chi connectivity index (χ2v) is 2.50. The number of fused-ring (bicyclic) bond motifs is 1. The van der Waals surface area contributed by atoms with Crippen LogP contribution in [0.15, 0.2) is 18.2 Å². The molecule has 1 aromatic carbocycles. The number of hydrogen-bond donors (Lipinski definition) is 1. The van der Waals surface area contributed by atoms with Gasteiger partial charge in [-0.2, -0.15) is 4.39 Å². The van der Waals surface area contributed by atoms with Crippen LogP contribution in [0.25, 0.3) is 11.0 Å². The lowest BCUT2D eigenvalue weighted by atomic mass is 10.2. The Morgan fingerprint density at radius 3 is 3.00 bits per heavy atom. The van der Waals surface area contributed by atoms with Gasteiger partial charge in [0.15, 0.2) is 0 Å². The Balaban J connectivity index is 2.90. The maximum absolute atomic E-state index is 12.5. The molecule has 0 aliphatic rings. The van der Waals surface area contributed by atoms with Crippen LogP contribution in [0.3, 0.4) is 0 Å².